The predicted molar refractivity (Wildman–Crippen MR) is 188 cm³/mol. The zero-order chi connectivity index (χ0) is 39.0. The van der Waals surface area contributed by atoms with Crippen LogP contribution < -0.4 is 10.7 Å². The fraction of sp³-hybridized carbons (Fsp3) is 0.455. The molecule has 1 unspecified atom stereocenters. The first-order valence-corrected chi connectivity index (χ1v) is 16.0. The molecule has 0 saturated carbocycles. The van der Waals surface area contributed by atoms with Crippen LogP contribution in [0.2, 0.25) is 5.02 Å². The Kier molecular flexibility index (Phi) is 14.0. The monoisotopic (exact) mass is 759 g/mol. The van der Waals surface area contributed by atoms with E-state index in [9.17, 15) is 35.9 Å². The van der Waals surface area contributed by atoms with Gasteiger partial charge in [0, 0.05) is 24.7 Å². The molecule has 1 fully saturated rings. The van der Waals surface area contributed by atoms with Crippen molar-refractivity contribution in [3.63, 3.8) is 0 Å². The normalized spacial score (nSPS) is 17.5. The summed E-state index contributed by atoms with van der Waals surface area (Å²) in [6.45, 7) is 3.39. The van der Waals surface area contributed by atoms with E-state index in [2.05, 4.69) is 54.6 Å². The van der Waals surface area contributed by atoms with Crippen LogP contribution in [0.25, 0.3) is 0 Å². The van der Waals surface area contributed by atoms with Gasteiger partial charge in [-0.15, -0.1) is 0 Å². The number of anilines is 1. The molecule has 2 aliphatic rings. The topological polar surface area (TPSA) is 132 Å². The van der Waals surface area contributed by atoms with Crippen molar-refractivity contribution in [1.29, 1.82) is 0 Å². The van der Waals surface area contributed by atoms with Gasteiger partial charge in [0.1, 0.15) is 12.9 Å². The lowest BCUT2D eigenvalue weighted by Crippen LogP contribution is -2.58. The third kappa shape index (κ3) is 11.3. The number of halogens is 7. The van der Waals surface area contributed by atoms with Crippen LogP contribution in [0.15, 0.2) is 62.7 Å². The summed E-state index contributed by atoms with van der Waals surface area (Å²) in [6, 6.07) is 8.22. The van der Waals surface area contributed by atoms with Crippen molar-refractivity contribution in [2.75, 3.05) is 38.3 Å². The van der Waals surface area contributed by atoms with Gasteiger partial charge < -0.3 is 10.5 Å². The number of hydrazone groups is 2. The average Bonchev–Trinajstić information content (AvgIpc) is 3.56. The number of likely N-dealkylation sites (tertiary alicyclic amines) is 1. The van der Waals surface area contributed by atoms with Gasteiger partial charge in [-0.05, 0) is 47.5 Å². The van der Waals surface area contributed by atoms with Crippen LogP contribution in [-0.4, -0.2) is 104 Å². The molecule has 2 atom stereocenters. The highest BCUT2D eigenvalue weighted by Crippen LogP contribution is 2.35. The second-order valence-electron chi connectivity index (χ2n) is 13.2. The maximum absolute atomic E-state index is 14.0. The Balaban J connectivity index is 0.00000136. The van der Waals surface area contributed by atoms with Gasteiger partial charge in [0.2, 0.25) is 0 Å². The molecule has 284 valence electrons. The van der Waals surface area contributed by atoms with Gasteiger partial charge in [0.05, 0.1) is 36.4 Å². The van der Waals surface area contributed by atoms with Crippen molar-refractivity contribution in [3.05, 3.63) is 64.2 Å². The van der Waals surface area contributed by atoms with Gasteiger partial charge in [-0.1, -0.05) is 57.5 Å². The summed E-state index contributed by atoms with van der Waals surface area (Å²) in [5.74, 6) is -4.74. The van der Waals surface area contributed by atoms with E-state index in [1.165, 1.54) is 49.7 Å². The van der Waals surface area contributed by atoms with Crippen molar-refractivity contribution in [1.82, 2.24) is 14.8 Å². The van der Waals surface area contributed by atoms with Crippen molar-refractivity contribution in [2.24, 2.45) is 31.3 Å². The Morgan fingerprint density at radius 3 is 2.25 bits per heavy atom. The van der Waals surface area contributed by atoms with E-state index in [1.54, 1.807) is 0 Å². The number of nitrogens with two attached hydrogens (primary N) is 1. The molecule has 0 bridgehead atoms. The van der Waals surface area contributed by atoms with E-state index < -0.39 is 62.7 Å². The van der Waals surface area contributed by atoms with E-state index in [4.69, 9.17) is 22.1 Å². The highest BCUT2D eigenvalue weighted by atomic mass is 35.5. The smallest absolute Gasteiger partial charge is 0.410 e. The Bertz CT molecular complexity index is 1640. The van der Waals surface area contributed by atoms with Gasteiger partial charge in [-0.3, -0.25) is 24.6 Å². The number of benzene rings is 2. The summed E-state index contributed by atoms with van der Waals surface area (Å²) in [5.41, 5.74) is 7.00. The molecule has 52 heavy (non-hydrogen) atoms. The molecule has 0 aromatic heterocycles. The Labute approximate surface area is 302 Å². The third-order valence-corrected chi connectivity index (χ3v) is 7.43. The zero-order valence-corrected chi connectivity index (χ0v) is 29.8. The molecule has 2 aromatic rings. The maximum Gasteiger partial charge on any atom is 0.410 e. The minimum Gasteiger partial charge on any atom is -0.447 e. The number of aliphatic imine (C=N–C) groups is 2. The minimum atomic E-state index is -3.21. The molecular formula is C33H40ClF6N9O3. The number of hydrogen-bond acceptors (Lipinski definition) is 8. The Hall–Kier alpha value is -4.87. The largest absolute Gasteiger partial charge is 0.447 e. The maximum atomic E-state index is 14.0. The number of rotatable bonds is 11. The van der Waals surface area contributed by atoms with Crippen molar-refractivity contribution in [3.8, 4) is 0 Å². The Morgan fingerprint density at radius 2 is 1.75 bits per heavy atom. The van der Waals surface area contributed by atoms with Crippen LogP contribution in [-0.2, 0) is 4.74 Å². The fourth-order valence-electron chi connectivity index (χ4n) is 4.73. The summed E-state index contributed by atoms with van der Waals surface area (Å²) >= 11 is 6.22. The number of nitrogens with zero attached hydrogens (tertiary/aromatic N) is 8. The van der Waals surface area contributed by atoms with E-state index in [0.29, 0.717) is 16.0 Å². The zero-order valence-electron chi connectivity index (χ0n) is 29.1. The van der Waals surface area contributed by atoms with Crippen LogP contribution in [0.5, 0.6) is 0 Å². The van der Waals surface area contributed by atoms with Crippen LogP contribution in [0, 0.1) is 5.41 Å². The average molecular weight is 760 g/mol. The second-order valence-corrected chi connectivity index (χ2v) is 13.6. The molecule has 0 aliphatic carbocycles. The molecule has 2 amide bonds. The number of alkyl halides is 6. The van der Waals surface area contributed by atoms with Crippen LogP contribution in [0.3, 0.4) is 0 Å². The number of carbonyl (C=O) groups is 2. The van der Waals surface area contributed by atoms with Crippen molar-refractivity contribution < 1.29 is 40.7 Å². The highest BCUT2D eigenvalue weighted by molar-refractivity contribution is 6.33. The van der Waals surface area contributed by atoms with E-state index in [0.717, 1.165) is 22.2 Å². The summed E-state index contributed by atoms with van der Waals surface area (Å²) in [5, 5.41) is 7.88. The summed E-state index contributed by atoms with van der Waals surface area (Å²) in [7, 11) is 1.26. The molecule has 1 saturated heterocycles. The minimum absolute atomic E-state index is 0.0322. The molecule has 12 nitrogen and oxygen atoms in total. The van der Waals surface area contributed by atoms with Gasteiger partial charge in [-0.25, -0.2) is 23.6 Å². The fourth-order valence-corrected chi connectivity index (χ4v) is 4.94. The first-order valence-electron chi connectivity index (χ1n) is 15.7. The number of ether oxygens (including phenoxy) is 1. The lowest BCUT2D eigenvalue weighted by atomic mass is 9.98. The molecule has 0 radical (unpaired) electrons. The van der Waals surface area contributed by atoms with Gasteiger partial charge in [0.15, 0.2) is 5.96 Å². The van der Waals surface area contributed by atoms with Crippen molar-refractivity contribution >= 4 is 54.5 Å². The van der Waals surface area contributed by atoms with Crippen LogP contribution in [0.4, 0.5) is 36.8 Å². The molecule has 2 heterocycles. The second kappa shape index (κ2) is 17.6. The lowest BCUT2D eigenvalue weighted by Gasteiger charge is -2.38. The predicted octanol–water partition coefficient (Wildman–Crippen LogP) is 6.89. The first kappa shape index (κ1) is 41.5. The number of amides is 2. The molecule has 2 aliphatic heterocycles. The Morgan fingerprint density at radius 1 is 1.13 bits per heavy atom. The van der Waals surface area contributed by atoms with Crippen LogP contribution in [0.1, 0.15) is 61.1 Å². The van der Waals surface area contributed by atoms with Crippen molar-refractivity contribution in [2.45, 2.75) is 58.7 Å². The van der Waals surface area contributed by atoms with Gasteiger partial charge in [0.25, 0.3) is 11.8 Å². The summed E-state index contributed by atoms with van der Waals surface area (Å²) in [4.78, 5) is 35.5. The number of hydrogen-bond donors (Lipinski definition) is 1. The first-order chi connectivity index (χ1) is 24.3. The molecule has 4 rings (SSSR count). The molecular weight excluding hydrogens is 720 g/mol. The molecule has 2 N–H and O–H groups in total. The van der Waals surface area contributed by atoms with Gasteiger partial charge >= 0.3 is 19.2 Å². The van der Waals surface area contributed by atoms with E-state index in [-0.39, 0.29) is 39.4 Å². The summed E-state index contributed by atoms with van der Waals surface area (Å²) in [6.07, 6.45) is 0.984. The number of guanidine groups is 1. The highest BCUT2D eigenvalue weighted by Gasteiger charge is 2.47. The van der Waals surface area contributed by atoms with Gasteiger partial charge in [-0.2, -0.15) is 27.8 Å². The molecule has 0 spiro atoms. The van der Waals surface area contributed by atoms with Crippen LogP contribution >= 0.6 is 11.6 Å². The number of carbonyl (C=O) groups excluding carboxylic acids is 2. The molecule has 19 heteroatoms. The quantitative estimate of drug-likeness (QED) is 0.0873. The third-order valence-electron chi connectivity index (χ3n) is 7.11. The SMILES string of the molecule is C=N/C=N\N(c1cc([C@@H](COC(=O)N2CC(F)(F)C2)N(C(=O)c2ccc(C3C=NN(C(F)F)C3)cc2)C(N)=NC)ccc1Cl)C(F)F.CC(C)(C)C. The standard InChI is InChI=1S/C28H28ClF6N9O3.C5H12/c1-37-15-40-44(25(32)33)21-9-18(7-8-20(21)29)22(12-47-27(46)41-13-28(34,35)14-41)43(26(36)38-2)23(45)17-5-3-16(4-6-17)19-10-39-42(11-19)24(30)31;1-5(2,3)4/h3-10,15,19,22,24-25H,1,11-14H2,2H3,(H2,36,38);1-4H3/b40-15-;/t19?,22-;/m1./s1. The molecule has 2 aromatic carbocycles. The van der Waals surface area contributed by atoms with E-state index >= 15 is 0 Å². The van der Waals surface area contributed by atoms with E-state index in [1.807, 2.05) is 0 Å². The summed E-state index contributed by atoms with van der Waals surface area (Å²) < 4.78 is 86.1. The lowest BCUT2D eigenvalue weighted by molar-refractivity contribution is -0.120.